The molecule has 0 atom stereocenters. The Morgan fingerprint density at radius 3 is 2.90 bits per heavy atom. The number of nitrogens with zero attached hydrogens (tertiary/aromatic N) is 5. The van der Waals surface area contributed by atoms with E-state index in [0.717, 1.165) is 10.0 Å². The quantitative estimate of drug-likeness (QED) is 0.481. The average Bonchev–Trinajstić information content (AvgIpc) is 3.24. The summed E-state index contributed by atoms with van der Waals surface area (Å²) in [5, 5.41) is 21.8. The Labute approximate surface area is 175 Å². The summed E-state index contributed by atoms with van der Waals surface area (Å²) in [6, 6.07) is 9.39. The molecule has 0 bridgehead atoms. The van der Waals surface area contributed by atoms with E-state index in [1.165, 1.54) is 6.20 Å². The van der Waals surface area contributed by atoms with Crippen molar-refractivity contribution in [2.45, 2.75) is 26.0 Å². The fourth-order valence-corrected chi connectivity index (χ4v) is 3.42. The topological polar surface area (TPSA) is 97.3 Å². The Bertz CT molecular complexity index is 1190. The van der Waals surface area contributed by atoms with Gasteiger partial charge in [-0.2, -0.15) is 10.2 Å². The van der Waals surface area contributed by atoms with Crippen LogP contribution in [0, 0.1) is 0 Å². The van der Waals surface area contributed by atoms with Crippen LogP contribution in [-0.2, 0) is 6.54 Å². The summed E-state index contributed by atoms with van der Waals surface area (Å²) in [5.41, 5.74) is 1.86. The van der Waals surface area contributed by atoms with Gasteiger partial charge in [0, 0.05) is 28.6 Å². The minimum absolute atomic E-state index is 0.280. The molecular weight excluding hydrogens is 436 g/mol. The van der Waals surface area contributed by atoms with E-state index < -0.39 is 5.60 Å². The largest absolute Gasteiger partial charge is 0.389 e. The van der Waals surface area contributed by atoms with Crippen LogP contribution in [0.5, 0.6) is 0 Å². The van der Waals surface area contributed by atoms with Crippen LogP contribution in [0.15, 0.2) is 59.6 Å². The zero-order chi connectivity index (χ0) is 20.6. The number of carbonyl (C=O) groups is 1. The van der Waals surface area contributed by atoms with Gasteiger partial charge >= 0.3 is 0 Å². The number of amides is 1. The third-order valence-electron chi connectivity index (χ3n) is 4.18. The lowest BCUT2D eigenvalue weighted by atomic mass is 10.1. The molecule has 0 saturated carbocycles. The van der Waals surface area contributed by atoms with Gasteiger partial charge in [0.1, 0.15) is 11.3 Å². The van der Waals surface area contributed by atoms with E-state index >= 15 is 0 Å². The predicted octanol–water partition coefficient (Wildman–Crippen LogP) is 3.38. The molecule has 0 aliphatic heterocycles. The van der Waals surface area contributed by atoms with E-state index in [1.54, 1.807) is 47.7 Å². The van der Waals surface area contributed by atoms with Gasteiger partial charge in [0.05, 0.1) is 24.0 Å². The molecule has 3 heterocycles. The van der Waals surface area contributed by atoms with Crippen LogP contribution in [0.4, 0.5) is 5.69 Å². The molecule has 1 aromatic carbocycles. The van der Waals surface area contributed by atoms with Crippen molar-refractivity contribution >= 4 is 33.2 Å². The van der Waals surface area contributed by atoms with Gasteiger partial charge in [-0.05, 0) is 32.0 Å². The number of benzene rings is 1. The Morgan fingerprint density at radius 2 is 2.14 bits per heavy atom. The Kier molecular flexibility index (Phi) is 4.93. The van der Waals surface area contributed by atoms with Crippen molar-refractivity contribution in [3.8, 4) is 11.3 Å². The lowest BCUT2D eigenvalue weighted by Crippen LogP contribution is -2.26. The number of fused-ring (bicyclic) bond motifs is 1. The number of aliphatic hydroxyl groups is 1. The molecule has 29 heavy (non-hydrogen) atoms. The zero-order valence-corrected chi connectivity index (χ0v) is 17.5. The van der Waals surface area contributed by atoms with Crippen LogP contribution in [0.1, 0.15) is 24.2 Å². The normalized spacial score (nSPS) is 11.7. The molecule has 1 amide bonds. The number of halogens is 1. The summed E-state index contributed by atoms with van der Waals surface area (Å²) >= 11 is 3.47. The number of anilines is 1. The number of hydrogen-bond donors (Lipinski definition) is 2. The zero-order valence-electron chi connectivity index (χ0n) is 15.9. The molecule has 3 aromatic heterocycles. The molecule has 8 nitrogen and oxygen atoms in total. The van der Waals surface area contributed by atoms with Gasteiger partial charge in [-0.15, -0.1) is 0 Å². The van der Waals surface area contributed by atoms with Crippen molar-refractivity contribution in [2.75, 3.05) is 5.32 Å². The van der Waals surface area contributed by atoms with Crippen LogP contribution in [-0.4, -0.2) is 41.0 Å². The van der Waals surface area contributed by atoms with E-state index in [1.807, 2.05) is 24.3 Å². The highest BCUT2D eigenvalue weighted by Gasteiger charge is 2.21. The van der Waals surface area contributed by atoms with Gasteiger partial charge in [0.2, 0.25) is 0 Å². The molecule has 0 unspecified atom stereocenters. The lowest BCUT2D eigenvalue weighted by molar-refractivity contribution is 0.0578. The second-order valence-electron chi connectivity index (χ2n) is 7.31. The van der Waals surface area contributed by atoms with Crippen molar-refractivity contribution in [1.82, 2.24) is 24.4 Å². The van der Waals surface area contributed by atoms with Crippen LogP contribution in [0.3, 0.4) is 0 Å². The first-order valence-corrected chi connectivity index (χ1v) is 9.75. The van der Waals surface area contributed by atoms with Crippen molar-refractivity contribution in [3.05, 3.63) is 65.2 Å². The summed E-state index contributed by atoms with van der Waals surface area (Å²) in [4.78, 5) is 17.2. The Morgan fingerprint density at radius 1 is 1.31 bits per heavy atom. The van der Waals surface area contributed by atoms with E-state index in [4.69, 9.17) is 0 Å². The fourth-order valence-electron chi connectivity index (χ4n) is 3.02. The molecule has 0 aliphatic rings. The molecule has 0 saturated heterocycles. The second kappa shape index (κ2) is 7.41. The van der Waals surface area contributed by atoms with Crippen LogP contribution in [0.2, 0.25) is 0 Å². The number of nitrogens with one attached hydrogen (secondary N) is 1. The van der Waals surface area contributed by atoms with Gasteiger partial charge < -0.3 is 10.4 Å². The first-order valence-electron chi connectivity index (χ1n) is 8.96. The summed E-state index contributed by atoms with van der Waals surface area (Å²) in [7, 11) is 0. The van der Waals surface area contributed by atoms with Gasteiger partial charge in [0.25, 0.3) is 5.91 Å². The molecule has 0 radical (unpaired) electrons. The predicted molar refractivity (Wildman–Crippen MR) is 113 cm³/mol. The molecule has 0 spiro atoms. The summed E-state index contributed by atoms with van der Waals surface area (Å²) in [5.74, 6) is -0.335. The highest BCUT2D eigenvalue weighted by Crippen LogP contribution is 2.29. The van der Waals surface area contributed by atoms with Gasteiger partial charge in [-0.1, -0.05) is 28.1 Å². The first-order chi connectivity index (χ1) is 13.8. The molecule has 0 aliphatic carbocycles. The van der Waals surface area contributed by atoms with Crippen molar-refractivity contribution in [3.63, 3.8) is 0 Å². The minimum Gasteiger partial charge on any atom is -0.389 e. The highest BCUT2D eigenvalue weighted by atomic mass is 79.9. The summed E-state index contributed by atoms with van der Waals surface area (Å²) < 4.78 is 4.07. The number of aromatic nitrogens is 5. The maximum atomic E-state index is 12.9. The molecule has 148 valence electrons. The molecule has 2 N–H and O–H groups in total. The molecule has 9 heteroatoms. The third kappa shape index (κ3) is 4.20. The van der Waals surface area contributed by atoms with Crippen LogP contribution < -0.4 is 5.32 Å². The van der Waals surface area contributed by atoms with Gasteiger partial charge in [-0.25, -0.2) is 9.50 Å². The lowest BCUT2D eigenvalue weighted by Gasteiger charge is -2.16. The van der Waals surface area contributed by atoms with Crippen molar-refractivity contribution < 1.29 is 9.90 Å². The fraction of sp³-hybridized carbons (Fsp3) is 0.200. The minimum atomic E-state index is -0.950. The number of rotatable bonds is 5. The average molecular weight is 455 g/mol. The molecule has 4 rings (SSSR count). The monoisotopic (exact) mass is 454 g/mol. The number of carbonyl (C=O) groups excluding carboxylic acids is 1. The Balaban J connectivity index is 1.72. The standard InChI is InChI=1S/C20H19BrN6O2/c1-20(2,29)12-26-11-16(17(25-26)13-5-3-6-14(21)9-13)24-19(28)15-10-23-27-8-4-7-22-18(15)27/h3-11,29H,12H2,1-2H3,(H,24,28). The van der Waals surface area contributed by atoms with Crippen molar-refractivity contribution in [1.29, 1.82) is 0 Å². The highest BCUT2D eigenvalue weighted by molar-refractivity contribution is 9.10. The third-order valence-corrected chi connectivity index (χ3v) is 4.67. The summed E-state index contributed by atoms with van der Waals surface area (Å²) in [6.07, 6.45) is 6.54. The van der Waals surface area contributed by atoms with E-state index in [9.17, 15) is 9.90 Å². The number of hydrogen-bond acceptors (Lipinski definition) is 5. The maximum Gasteiger partial charge on any atom is 0.261 e. The van der Waals surface area contributed by atoms with Gasteiger partial charge in [0.15, 0.2) is 5.65 Å². The first kappa shape index (κ1) is 19.3. The van der Waals surface area contributed by atoms with E-state index in [-0.39, 0.29) is 12.5 Å². The smallest absolute Gasteiger partial charge is 0.261 e. The molecular formula is C20H19BrN6O2. The second-order valence-corrected chi connectivity index (χ2v) is 8.23. The Hall–Kier alpha value is -3.04. The van der Waals surface area contributed by atoms with Crippen LogP contribution >= 0.6 is 15.9 Å². The molecule has 4 aromatic rings. The van der Waals surface area contributed by atoms with Crippen molar-refractivity contribution in [2.24, 2.45) is 0 Å². The van der Waals surface area contributed by atoms with Crippen LogP contribution in [0.25, 0.3) is 16.9 Å². The van der Waals surface area contributed by atoms with E-state index in [2.05, 4.69) is 36.4 Å². The van der Waals surface area contributed by atoms with E-state index in [0.29, 0.717) is 22.6 Å². The SMILES string of the molecule is CC(C)(O)Cn1cc(NC(=O)c2cnn3cccnc23)c(-c2cccc(Br)c2)n1. The summed E-state index contributed by atoms with van der Waals surface area (Å²) in [6.45, 7) is 3.69. The maximum absolute atomic E-state index is 12.9. The van der Waals surface area contributed by atoms with Gasteiger partial charge in [-0.3, -0.25) is 9.48 Å². The molecule has 0 fully saturated rings.